The van der Waals surface area contributed by atoms with Crippen LogP contribution in [-0.2, 0) is 9.53 Å². The summed E-state index contributed by atoms with van der Waals surface area (Å²) in [6.45, 7) is 9.76. The number of carbonyl (C=O) groups is 2. The smallest absolute Gasteiger partial charge is 0.410 e. The number of ether oxygens (including phenoxy) is 1. The Kier molecular flexibility index (Phi) is 6.69. The molecule has 1 amide bonds. The van der Waals surface area contributed by atoms with Gasteiger partial charge in [-0.25, -0.2) is 4.79 Å². The summed E-state index contributed by atoms with van der Waals surface area (Å²) in [7, 11) is 0. The summed E-state index contributed by atoms with van der Waals surface area (Å²) in [6.07, 6.45) is 5.76. The largest absolute Gasteiger partial charge is 0.444 e. The fourth-order valence-electron chi connectivity index (χ4n) is 2.87. The van der Waals surface area contributed by atoms with Gasteiger partial charge in [-0.1, -0.05) is 13.3 Å². The molecule has 21 heavy (non-hydrogen) atoms. The Hall–Kier alpha value is -1.06. The minimum Gasteiger partial charge on any atom is -0.444 e. The summed E-state index contributed by atoms with van der Waals surface area (Å²) >= 11 is 0. The molecule has 0 bridgehead atoms. The Morgan fingerprint density at radius 1 is 1.24 bits per heavy atom. The van der Waals surface area contributed by atoms with Crippen molar-refractivity contribution >= 4 is 11.9 Å². The van der Waals surface area contributed by atoms with E-state index in [0.29, 0.717) is 12.8 Å². The van der Waals surface area contributed by atoms with Gasteiger partial charge in [-0.05, 0) is 53.4 Å². The second-order valence-corrected chi connectivity index (χ2v) is 7.17. The van der Waals surface area contributed by atoms with Gasteiger partial charge in [-0.3, -0.25) is 4.79 Å². The fourth-order valence-corrected chi connectivity index (χ4v) is 2.87. The summed E-state index contributed by atoms with van der Waals surface area (Å²) in [5, 5.41) is 0. The first-order valence-electron chi connectivity index (χ1n) is 8.27. The molecule has 1 aliphatic rings. The van der Waals surface area contributed by atoms with E-state index < -0.39 is 5.60 Å². The van der Waals surface area contributed by atoms with Crippen molar-refractivity contribution in [3.8, 4) is 0 Å². The Morgan fingerprint density at radius 3 is 2.48 bits per heavy atom. The van der Waals surface area contributed by atoms with E-state index in [-0.39, 0.29) is 24.0 Å². The van der Waals surface area contributed by atoms with Crippen molar-refractivity contribution in [2.45, 2.75) is 97.2 Å². The number of ketones is 1. The first-order valence-corrected chi connectivity index (χ1v) is 8.27. The van der Waals surface area contributed by atoms with Gasteiger partial charge in [0.1, 0.15) is 11.4 Å². The van der Waals surface area contributed by atoms with Crippen molar-refractivity contribution in [1.82, 2.24) is 4.90 Å². The van der Waals surface area contributed by atoms with Crippen LogP contribution in [0.5, 0.6) is 0 Å². The predicted octanol–water partition coefficient (Wildman–Crippen LogP) is 4.31. The van der Waals surface area contributed by atoms with Crippen molar-refractivity contribution in [1.29, 1.82) is 0 Å². The summed E-state index contributed by atoms with van der Waals surface area (Å²) in [6, 6.07) is 0.158. The van der Waals surface area contributed by atoms with Crippen LogP contribution in [0.15, 0.2) is 0 Å². The van der Waals surface area contributed by atoms with Crippen LogP contribution in [0.4, 0.5) is 4.79 Å². The second-order valence-electron chi connectivity index (χ2n) is 7.17. The van der Waals surface area contributed by atoms with Crippen LogP contribution < -0.4 is 0 Å². The SMILES string of the molecule is CCCCC(=O)CC1CCCC(C)N1C(=O)OC(C)(C)C. The average molecular weight is 297 g/mol. The monoisotopic (exact) mass is 297 g/mol. The molecule has 1 heterocycles. The molecule has 1 rings (SSSR count). The average Bonchev–Trinajstić information content (AvgIpc) is 2.34. The third kappa shape index (κ3) is 6.06. The molecular weight excluding hydrogens is 266 g/mol. The van der Waals surface area contributed by atoms with Gasteiger partial charge in [0, 0.05) is 24.9 Å². The minimum absolute atomic E-state index is 0.00737. The maximum atomic E-state index is 12.4. The van der Waals surface area contributed by atoms with Crippen molar-refractivity contribution in [2.75, 3.05) is 0 Å². The molecule has 122 valence electrons. The Labute approximate surface area is 129 Å². The highest BCUT2D eigenvalue weighted by atomic mass is 16.6. The topological polar surface area (TPSA) is 46.6 Å². The van der Waals surface area contributed by atoms with Gasteiger partial charge in [0.15, 0.2) is 0 Å². The van der Waals surface area contributed by atoms with Gasteiger partial charge in [-0.2, -0.15) is 0 Å². The number of likely N-dealkylation sites (tertiary alicyclic amines) is 1. The minimum atomic E-state index is -0.495. The number of unbranched alkanes of at least 4 members (excludes halogenated alkanes) is 1. The molecule has 0 N–H and O–H groups in total. The zero-order chi connectivity index (χ0) is 16.0. The van der Waals surface area contributed by atoms with Crippen LogP contribution in [0.2, 0.25) is 0 Å². The van der Waals surface area contributed by atoms with E-state index in [1.54, 1.807) is 4.90 Å². The number of rotatable bonds is 5. The molecule has 0 radical (unpaired) electrons. The van der Waals surface area contributed by atoms with Crippen molar-refractivity contribution in [2.24, 2.45) is 0 Å². The van der Waals surface area contributed by atoms with E-state index in [0.717, 1.165) is 32.1 Å². The maximum absolute atomic E-state index is 12.4. The predicted molar refractivity (Wildman–Crippen MR) is 84.3 cm³/mol. The molecule has 0 spiro atoms. The number of carbonyl (C=O) groups excluding carboxylic acids is 2. The highest BCUT2D eigenvalue weighted by Gasteiger charge is 2.35. The number of nitrogens with zero attached hydrogens (tertiary/aromatic N) is 1. The molecule has 0 saturated carbocycles. The quantitative estimate of drug-likeness (QED) is 0.759. The number of Topliss-reactive ketones (excluding diaryl/α,β-unsaturated/α-hetero) is 1. The summed E-state index contributed by atoms with van der Waals surface area (Å²) < 4.78 is 5.52. The Morgan fingerprint density at radius 2 is 1.90 bits per heavy atom. The van der Waals surface area contributed by atoms with Gasteiger partial charge >= 0.3 is 6.09 Å². The lowest BCUT2D eigenvalue weighted by Gasteiger charge is -2.41. The lowest BCUT2D eigenvalue weighted by Crippen LogP contribution is -2.51. The standard InChI is InChI=1S/C17H31NO3/c1-6-7-11-15(19)12-14-10-8-9-13(2)18(14)16(20)21-17(3,4)5/h13-14H,6-12H2,1-5H3. The molecule has 0 aromatic carbocycles. The van der Waals surface area contributed by atoms with E-state index in [2.05, 4.69) is 6.92 Å². The van der Waals surface area contributed by atoms with E-state index in [9.17, 15) is 9.59 Å². The van der Waals surface area contributed by atoms with E-state index >= 15 is 0 Å². The Balaban J connectivity index is 2.70. The third-order valence-electron chi connectivity index (χ3n) is 3.90. The first kappa shape index (κ1) is 18.0. The molecular formula is C17H31NO3. The molecule has 2 atom stereocenters. The maximum Gasteiger partial charge on any atom is 0.410 e. The molecule has 4 heteroatoms. The lowest BCUT2D eigenvalue weighted by molar-refractivity contribution is -0.120. The van der Waals surface area contributed by atoms with Crippen LogP contribution in [0.1, 0.15) is 79.6 Å². The molecule has 4 nitrogen and oxygen atoms in total. The van der Waals surface area contributed by atoms with Crippen LogP contribution >= 0.6 is 0 Å². The Bertz CT molecular complexity index is 360. The number of piperidine rings is 1. The van der Waals surface area contributed by atoms with Crippen LogP contribution in [0.25, 0.3) is 0 Å². The number of amides is 1. The molecule has 0 aromatic heterocycles. The van der Waals surface area contributed by atoms with E-state index in [1.807, 2.05) is 27.7 Å². The summed E-state index contributed by atoms with van der Waals surface area (Å²) in [5.41, 5.74) is -0.495. The van der Waals surface area contributed by atoms with Crippen molar-refractivity contribution in [3.63, 3.8) is 0 Å². The number of hydrogen-bond acceptors (Lipinski definition) is 3. The van der Waals surface area contributed by atoms with Gasteiger partial charge in [0.05, 0.1) is 0 Å². The number of hydrogen-bond donors (Lipinski definition) is 0. The van der Waals surface area contributed by atoms with Gasteiger partial charge in [0.25, 0.3) is 0 Å². The zero-order valence-corrected chi connectivity index (χ0v) is 14.3. The molecule has 0 aromatic rings. The van der Waals surface area contributed by atoms with Crippen LogP contribution in [-0.4, -0.2) is 34.5 Å². The molecule has 1 aliphatic heterocycles. The lowest BCUT2D eigenvalue weighted by atomic mass is 9.92. The first-order chi connectivity index (χ1) is 9.74. The van der Waals surface area contributed by atoms with Crippen LogP contribution in [0, 0.1) is 0 Å². The van der Waals surface area contributed by atoms with Gasteiger partial charge in [0.2, 0.25) is 0 Å². The summed E-state index contributed by atoms with van der Waals surface area (Å²) in [5.74, 6) is 0.268. The van der Waals surface area contributed by atoms with E-state index in [1.165, 1.54) is 0 Å². The highest BCUT2D eigenvalue weighted by Crippen LogP contribution is 2.27. The molecule has 0 aliphatic carbocycles. The highest BCUT2D eigenvalue weighted by molar-refractivity contribution is 5.80. The third-order valence-corrected chi connectivity index (χ3v) is 3.90. The molecule has 1 saturated heterocycles. The van der Waals surface area contributed by atoms with Crippen LogP contribution in [0.3, 0.4) is 0 Å². The molecule has 1 fully saturated rings. The fraction of sp³-hybridized carbons (Fsp3) is 0.882. The normalized spacial score (nSPS) is 23.0. The zero-order valence-electron chi connectivity index (χ0n) is 14.3. The van der Waals surface area contributed by atoms with Crippen molar-refractivity contribution < 1.29 is 14.3 Å². The van der Waals surface area contributed by atoms with Gasteiger partial charge < -0.3 is 9.64 Å². The second kappa shape index (κ2) is 7.81. The molecule has 2 unspecified atom stereocenters. The summed E-state index contributed by atoms with van der Waals surface area (Å²) in [4.78, 5) is 26.3. The van der Waals surface area contributed by atoms with Gasteiger partial charge in [-0.15, -0.1) is 0 Å². The van der Waals surface area contributed by atoms with Crippen molar-refractivity contribution in [3.05, 3.63) is 0 Å². The van der Waals surface area contributed by atoms with E-state index in [4.69, 9.17) is 4.74 Å².